The number of halogens is 2. The summed E-state index contributed by atoms with van der Waals surface area (Å²) >= 11 is 1.97. The van der Waals surface area contributed by atoms with Crippen molar-refractivity contribution in [2.75, 3.05) is 18.1 Å². The van der Waals surface area contributed by atoms with Gasteiger partial charge >= 0.3 is 0 Å². The molecule has 2 heterocycles. The van der Waals surface area contributed by atoms with Gasteiger partial charge in [-0.15, -0.1) is 0 Å². The van der Waals surface area contributed by atoms with Crippen LogP contribution in [0.5, 0.6) is 0 Å². The Bertz CT molecular complexity index is 465. The number of hydrogen-bond donors (Lipinski definition) is 1. The van der Waals surface area contributed by atoms with E-state index in [0.29, 0.717) is 12.6 Å². The molecule has 0 saturated carbocycles. The van der Waals surface area contributed by atoms with E-state index in [0.717, 1.165) is 17.7 Å². The molecule has 0 unspecified atom stereocenters. The van der Waals surface area contributed by atoms with Gasteiger partial charge in [-0.2, -0.15) is 11.8 Å². The lowest BCUT2D eigenvalue weighted by atomic mass is 10.0. The van der Waals surface area contributed by atoms with E-state index in [-0.39, 0.29) is 12.1 Å². The third kappa shape index (κ3) is 3.15. The van der Waals surface area contributed by atoms with Gasteiger partial charge in [-0.25, -0.2) is 8.78 Å². The highest BCUT2D eigenvalue weighted by Crippen LogP contribution is 2.31. The molecule has 1 aromatic carbocycles. The Morgan fingerprint density at radius 2 is 2.10 bits per heavy atom. The highest BCUT2D eigenvalue weighted by molar-refractivity contribution is 7.99. The lowest BCUT2D eigenvalue weighted by molar-refractivity contribution is 0.0962. The topological polar surface area (TPSA) is 21.3 Å². The first kappa shape index (κ1) is 14.3. The van der Waals surface area contributed by atoms with Gasteiger partial charge in [0.1, 0.15) is 0 Å². The SMILES string of the molecule is Fc1ccc([C@@H]2OCC[C@@H]2N[C@H]2CCCSC2)cc1F. The van der Waals surface area contributed by atoms with Crippen molar-refractivity contribution in [3.8, 4) is 0 Å². The molecule has 2 aliphatic rings. The van der Waals surface area contributed by atoms with E-state index in [1.54, 1.807) is 6.07 Å². The molecule has 2 fully saturated rings. The van der Waals surface area contributed by atoms with Crippen LogP contribution < -0.4 is 5.32 Å². The predicted octanol–water partition coefficient (Wildman–Crippen LogP) is 3.28. The summed E-state index contributed by atoms with van der Waals surface area (Å²) in [5.74, 6) is 0.761. The van der Waals surface area contributed by atoms with Crippen LogP contribution in [-0.2, 0) is 4.74 Å². The number of benzene rings is 1. The predicted molar refractivity (Wildman–Crippen MR) is 76.9 cm³/mol. The van der Waals surface area contributed by atoms with Crippen molar-refractivity contribution >= 4 is 11.8 Å². The summed E-state index contributed by atoms with van der Waals surface area (Å²) in [6.45, 7) is 0.668. The van der Waals surface area contributed by atoms with Crippen molar-refractivity contribution in [2.24, 2.45) is 0 Å². The number of hydrogen-bond acceptors (Lipinski definition) is 3. The fourth-order valence-corrected chi connectivity index (χ4v) is 4.04. The summed E-state index contributed by atoms with van der Waals surface area (Å²) in [5, 5.41) is 3.64. The molecule has 0 bridgehead atoms. The van der Waals surface area contributed by atoms with E-state index >= 15 is 0 Å². The fraction of sp³-hybridized carbons (Fsp3) is 0.600. The first-order valence-electron chi connectivity index (χ1n) is 7.14. The van der Waals surface area contributed by atoms with Gasteiger partial charge in [0.2, 0.25) is 0 Å². The normalized spacial score (nSPS) is 30.6. The van der Waals surface area contributed by atoms with Crippen molar-refractivity contribution in [3.63, 3.8) is 0 Å². The van der Waals surface area contributed by atoms with Crippen LogP contribution in [0.3, 0.4) is 0 Å². The first-order valence-corrected chi connectivity index (χ1v) is 8.30. The van der Waals surface area contributed by atoms with Gasteiger partial charge in [0.15, 0.2) is 11.6 Å². The molecule has 3 rings (SSSR count). The van der Waals surface area contributed by atoms with E-state index in [1.165, 1.54) is 30.7 Å². The van der Waals surface area contributed by atoms with Crippen molar-refractivity contribution in [1.82, 2.24) is 5.32 Å². The molecule has 20 heavy (non-hydrogen) atoms. The molecule has 0 aromatic heterocycles. The fourth-order valence-electron chi connectivity index (χ4n) is 2.95. The lowest BCUT2D eigenvalue weighted by Crippen LogP contribution is -2.42. The molecule has 2 aliphatic heterocycles. The van der Waals surface area contributed by atoms with Crippen LogP contribution in [0, 0.1) is 11.6 Å². The Morgan fingerprint density at radius 1 is 1.20 bits per heavy atom. The van der Waals surface area contributed by atoms with Crippen molar-refractivity contribution < 1.29 is 13.5 Å². The van der Waals surface area contributed by atoms with Crippen molar-refractivity contribution in [2.45, 2.75) is 37.5 Å². The summed E-state index contributed by atoms with van der Waals surface area (Å²) in [4.78, 5) is 0. The van der Waals surface area contributed by atoms with Crippen LogP contribution in [0.4, 0.5) is 8.78 Å². The molecule has 3 atom stereocenters. The second-order valence-electron chi connectivity index (χ2n) is 5.44. The molecule has 0 spiro atoms. The van der Waals surface area contributed by atoms with Crippen molar-refractivity contribution in [3.05, 3.63) is 35.4 Å². The molecular formula is C15H19F2NOS. The zero-order valence-corrected chi connectivity index (χ0v) is 12.1. The van der Waals surface area contributed by atoms with Gasteiger partial charge in [-0.05, 0) is 42.7 Å². The van der Waals surface area contributed by atoms with Gasteiger partial charge < -0.3 is 10.1 Å². The Morgan fingerprint density at radius 3 is 2.85 bits per heavy atom. The van der Waals surface area contributed by atoms with Crippen LogP contribution in [0.2, 0.25) is 0 Å². The summed E-state index contributed by atoms with van der Waals surface area (Å²) < 4.78 is 32.1. The second kappa shape index (κ2) is 6.41. The molecular weight excluding hydrogens is 280 g/mol. The van der Waals surface area contributed by atoms with E-state index < -0.39 is 11.6 Å². The molecule has 1 N–H and O–H groups in total. The average molecular weight is 299 g/mol. The minimum atomic E-state index is -0.806. The lowest BCUT2D eigenvalue weighted by Gasteiger charge is -2.28. The molecule has 0 aliphatic carbocycles. The van der Waals surface area contributed by atoms with Crippen LogP contribution in [0.25, 0.3) is 0 Å². The summed E-state index contributed by atoms with van der Waals surface area (Å²) in [6, 6.07) is 4.77. The molecule has 2 saturated heterocycles. The maximum absolute atomic E-state index is 13.4. The smallest absolute Gasteiger partial charge is 0.159 e. The van der Waals surface area contributed by atoms with E-state index in [9.17, 15) is 8.78 Å². The minimum absolute atomic E-state index is 0.169. The summed E-state index contributed by atoms with van der Waals surface area (Å²) in [6.07, 6.45) is 3.18. The van der Waals surface area contributed by atoms with Gasteiger partial charge in [-0.1, -0.05) is 6.07 Å². The highest BCUT2D eigenvalue weighted by Gasteiger charge is 2.32. The quantitative estimate of drug-likeness (QED) is 0.925. The molecule has 0 radical (unpaired) electrons. The van der Waals surface area contributed by atoms with Gasteiger partial charge in [-0.3, -0.25) is 0 Å². The van der Waals surface area contributed by atoms with Crippen LogP contribution in [0.1, 0.15) is 30.9 Å². The Kier molecular flexibility index (Phi) is 4.58. The zero-order chi connectivity index (χ0) is 13.9. The average Bonchev–Trinajstić information content (AvgIpc) is 2.91. The maximum atomic E-state index is 13.4. The van der Waals surface area contributed by atoms with Crippen LogP contribution in [0.15, 0.2) is 18.2 Å². The summed E-state index contributed by atoms with van der Waals surface area (Å²) in [7, 11) is 0. The second-order valence-corrected chi connectivity index (χ2v) is 6.59. The van der Waals surface area contributed by atoms with E-state index in [4.69, 9.17) is 4.74 Å². The van der Waals surface area contributed by atoms with E-state index in [1.807, 2.05) is 11.8 Å². The molecule has 2 nitrogen and oxygen atoms in total. The molecule has 5 heteroatoms. The molecule has 0 amide bonds. The minimum Gasteiger partial charge on any atom is -0.372 e. The van der Waals surface area contributed by atoms with Gasteiger partial charge in [0.25, 0.3) is 0 Å². The third-order valence-corrected chi connectivity index (χ3v) is 5.19. The third-order valence-electron chi connectivity index (χ3n) is 3.97. The largest absolute Gasteiger partial charge is 0.372 e. The summed E-state index contributed by atoms with van der Waals surface area (Å²) in [5.41, 5.74) is 0.724. The standard InChI is InChI=1S/C15H19F2NOS/c16-12-4-3-10(8-13(12)17)15-14(5-6-19-15)18-11-2-1-7-20-9-11/h3-4,8,11,14-15,18H,1-2,5-7,9H2/t11-,14-,15-/m0/s1. The Labute approximate surface area is 122 Å². The van der Waals surface area contributed by atoms with Gasteiger partial charge in [0, 0.05) is 24.4 Å². The molecule has 1 aromatic rings. The maximum Gasteiger partial charge on any atom is 0.159 e. The monoisotopic (exact) mass is 299 g/mol. The van der Waals surface area contributed by atoms with Crippen LogP contribution in [-0.4, -0.2) is 30.2 Å². The number of rotatable bonds is 3. The first-order chi connectivity index (χ1) is 9.74. The van der Waals surface area contributed by atoms with Gasteiger partial charge in [0.05, 0.1) is 6.10 Å². The van der Waals surface area contributed by atoms with Crippen LogP contribution >= 0.6 is 11.8 Å². The number of nitrogens with one attached hydrogen (secondary N) is 1. The Balaban J connectivity index is 1.69. The van der Waals surface area contributed by atoms with Crippen molar-refractivity contribution in [1.29, 1.82) is 0 Å². The zero-order valence-electron chi connectivity index (χ0n) is 11.3. The number of thioether (sulfide) groups is 1. The number of ether oxygens (including phenoxy) is 1. The Hall–Kier alpha value is -0.650. The van der Waals surface area contributed by atoms with E-state index in [2.05, 4.69) is 5.32 Å². The highest BCUT2D eigenvalue weighted by atomic mass is 32.2. The molecule has 110 valence electrons.